The van der Waals surface area contributed by atoms with Crippen LogP contribution in [0.1, 0.15) is 5.56 Å². The van der Waals surface area contributed by atoms with Gasteiger partial charge in [0.25, 0.3) is 0 Å². The van der Waals surface area contributed by atoms with Gasteiger partial charge in [-0.2, -0.15) is 0 Å². The quantitative estimate of drug-likeness (QED) is 0.914. The Morgan fingerprint density at radius 2 is 1.82 bits per heavy atom. The van der Waals surface area contributed by atoms with Gasteiger partial charge in [-0.15, -0.1) is 24.8 Å². The molecule has 0 atom stereocenters. The fraction of sp³-hybridized carbons (Fsp3) is 0.0833. The van der Waals surface area contributed by atoms with E-state index in [0.717, 1.165) is 11.1 Å². The molecule has 2 N–H and O–H groups in total. The second-order valence-corrected chi connectivity index (χ2v) is 3.27. The lowest BCUT2D eigenvalue weighted by atomic mass is 10.1. The van der Waals surface area contributed by atoms with Crippen LogP contribution in [0.25, 0.3) is 11.1 Å². The largest absolute Gasteiger partial charge is 0.326 e. The van der Waals surface area contributed by atoms with Gasteiger partial charge < -0.3 is 5.73 Å². The molecule has 0 aliphatic carbocycles. The molecule has 5 heteroatoms. The predicted molar refractivity (Wildman–Crippen MR) is 72.0 cm³/mol. The number of benzene rings is 1. The molecule has 92 valence electrons. The molecule has 0 amide bonds. The maximum atomic E-state index is 13.5. The highest BCUT2D eigenvalue weighted by Crippen LogP contribution is 2.22. The first-order valence-electron chi connectivity index (χ1n) is 4.70. The van der Waals surface area contributed by atoms with Crippen molar-refractivity contribution in [2.24, 2.45) is 5.73 Å². The van der Waals surface area contributed by atoms with Crippen molar-refractivity contribution in [1.82, 2.24) is 4.98 Å². The second kappa shape index (κ2) is 7.22. The molecule has 0 radical (unpaired) electrons. The summed E-state index contributed by atoms with van der Waals surface area (Å²) in [6.45, 7) is 0.412. The third-order valence-electron chi connectivity index (χ3n) is 2.22. The second-order valence-electron chi connectivity index (χ2n) is 3.27. The van der Waals surface area contributed by atoms with Gasteiger partial charge in [-0.25, -0.2) is 4.39 Å². The molecule has 17 heavy (non-hydrogen) atoms. The van der Waals surface area contributed by atoms with Crippen molar-refractivity contribution in [1.29, 1.82) is 0 Å². The summed E-state index contributed by atoms with van der Waals surface area (Å²) in [4.78, 5) is 4.03. The van der Waals surface area contributed by atoms with Crippen LogP contribution in [-0.4, -0.2) is 4.98 Å². The Balaban J connectivity index is 0.00000128. The molecule has 1 aromatic heterocycles. The topological polar surface area (TPSA) is 38.9 Å². The number of aromatic nitrogens is 1. The monoisotopic (exact) mass is 274 g/mol. The molecule has 0 bridgehead atoms. The first-order chi connectivity index (χ1) is 7.31. The Hall–Kier alpha value is -1.16. The highest BCUT2D eigenvalue weighted by molar-refractivity contribution is 5.85. The van der Waals surface area contributed by atoms with Crippen molar-refractivity contribution in [2.75, 3.05) is 0 Å². The minimum Gasteiger partial charge on any atom is -0.326 e. The van der Waals surface area contributed by atoms with Crippen molar-refractivity contribution in [3.8, 4) is 11.1 Å². The Morgan fingerprint density at radius 1 is 1.12 bits per heavy atom. The summed E-state index contributed by atoms with van der Waals surface area (Å²) in [5.41, 5.74) is 7.72. The number of pyridine rings is 1. The zero-order valence-electron chi connectivity index (χ0n) is 8.97. The molecule has 0 fully saturated rings. The lowest BCUT2D eigenvalue weighted by Crippen LogP contribution is -1.97. The molecule has 0 saturated carbocycles. The minimum atomic E-state index is -0.242. The Bertz CT molecular complexity index is 478. The number of hydrogen-bond donors (Lipinski definition) is 1. The number of hydrogen-bond acceptors (Lipinski definition) is 2. The Labute approximate surface area is 112 Å². The van der Waals surface area contributed by atoms with Crippen LogP contribution in [0.5, 0.6) is 0 Å². The first-order valence-corrected chi connectivity index (χ1v) is 4.70. The summed E-state index contributed by atoms with van der Waals surface area (Å²) < 4.78 is 13.5. The van der Waals surface area contributed by atoms with E-state index in [0.29, 0.717) is 12.1 Å². The van der Waals surface area contributed by atoms with Crippen LogP contribution in [0.3, 0.4) is 0 Å². The molecule has 0 spiro atoms. The van der Waals surface area contributed by atoms with Crippen molar-refractivity contribution >= 4 is 24.8 Å². The van der Waals surface area contributed by atoms with Crippen molar-refractivity contribution in [2.45, 2.75) is 6.54 Å². The van der Waals surface area contributed by atoms with Crippen molar-refractivity contribution < 1.29 is 4.39 Å². The number of nitrogens with two attached hydrogens (primary N) is 1. The highest BCUT2D eigenvalue weighted by atomic mass is 35.5. The number of nitrogens with zero attached hydrogens (tertiary/aromatic N) is 1. The van der Waals surface area contributed by atoms with Gasteiger partial charge >= 0.3 is 0 Å². The fourth-order valence-electron chi connectivity index (χ4n) is 1.44. The van der Waals surface area contributed by atoms with Gasteiger partial charge in [0.1, 0.15) is 5.82 Å². The van der Waals surface area contributed by atoms with E-state index in [4.69, 9.17) is 5.73 Å². The Kier molecular flexibility index (Phi) is 6.73. The van der Waals surface area contributed by atoms with E-state index in [1.807, 2.05) is 6.07 Å². The van der Waals surface area contributed by atoms with Crippen LogP contribution in [0.15, 0.2) is 42.7 Å². The summed E-state index contributed by atoms with van der Waals surface area (Å²) in [6.07, 6.45) is 3.32. The minimum absolute atomic E-state index is 0. The average molecular weight is 275 g/mol. The zero-order chi connectivity index (χ0) is 10.7. The summed E-state index contributed by atoms with van der Waals surface area (Å²) in [5, 5.41) is 0. The van der Waals surface area contributed by atoms with E-state index in [2.05, 4.69) is 4.98 Å². The van der Waals surface area contributed by atoms with E-state index >= 15 is 0 Å². The Morgan fingerprint density at radius 3 is 2.47 bits per heavy atom. The molecular weight excluding hydrogens is 262 g/mol. The summed E-state index contributed by atoms with van der Waals surface area (Å²) in [7, 11) is 0. The lowest BCUT2D eigenvalue weighted by Gasteiger charge is -2.04. The van der Waals surface area contributed by atoms with E-state index in [-0.39, 0.29) is 30.6 Å². The van der Waals surface area contributed by atoms with Crippen LogP contribution >= 0.6 is 24.8 Å². The molecule has 1 aromatic carbocycles. The van der Waals surface area contributed by atoms with Crippen LogP contribution in [0, 0.1) is 5.82 Å². The summed E-state index contributed by atoms with van der Waals surface area (Å²) in [5.74, 6) is -0.242. The van der Waals surface area contributed by atoms with E-state index in [1.165, 1.54) is 6.07 Å². The van der Waals surface area contributed by atoms with E-state index < -0.39 is 0 Å². The summed E-state index contributed by atoms with van der Waals surface area (Å²) >= 11 is 0. The molecule has 2 nitrogen and oxygen atoms in total. The molecule has 0 saturated heterocycles. The smallest absolute Gasteiger partial charge is 0.131 e. The van der Waals surface area contributed by atoms with E-state index in [9.17, 15) is 4.39 Å². The molecule has 2 rings (SSSR count). The van der Waals surface area contributed by atoms with Crippen molar-refractivity contribution in [3.63, 3.8) is 0 Å². The fourth-order valence-corrected chi connectivity index (χ4v) is 1.44. The molecule has 0 unspecified atom stereocenters. The highest BCUT2D eigenvalue weighted by Gasteiger charge is 2.04. The van der Waals surface area contributed by atoms with Crippen LogP contribution in [0.2, 0.25) is 0 Å². The normalized spacial score (nSPS) is 9.06. The molecular formula is C12H13Cl2FN2. The van der Waals surface area contributed by atoms with Crippen molar-refractivity contribution in [3.05, 3.63) is 54.1 Å². The number of rotatable bonds is 2. The van der Waals surface area contributed by atoms with Gasteiger partial charge in [0, 0.05) is 30.1 Å². The van der Waals surface area contributed by atoms with Crippen LogP contribution in [-0.2, 0) is 6.54 Å². The van der Waals surface area contributed by atoms with Gasteiger partial charge in [-0.05, 0) is 17.7 Å². The first kappa shape index (κ1) is 15.8. The van der Waals surface area contributed by atoms with E-state index in [1.54, 1.807) is 30.6 Å². The predicted octanol–water partition coefficient (Wildman–Crippen LogP) is 3.19. The van der Waals surface area contributed by atoms with Gasteiger partial charge in [-0.3, -0.25) is 4.98 Å². The SMILES string of the molecule is Cl.Cl.NCc1cncc(-c2ccccc2F)c1. The average Bonchev–Trinajstić information content (AvgIpc) is 2.30. The van der Waals surface area contributed by atoms with Gasteiger partial charge in [-0.1, -0.05) is 18.2 Å². The van der Waals surface area contributed by atoms with Gasteiger partial charge in [0.05, 0.1) is 0 Å². The molecule has 0 aliphatic rings. The summed E-state index contributed by atoms with van der Waals surface area (Å²) in [6, 6.07) is 8.48. The van der Waals surface area contributed by atoms with Crippen LogP contribution < -0.4 is 5.73 Å². The third-order valence-corrected chi connectivity index (χ3v) is 2.22. The lowest BCUT2D eigenvalue weighted by molar-refractivity contribution is 0.631. The van der Waals surface area contributed by atoms with Crippen LogP contribution in [0.4, 0.5) is 4.39 Å². The third kappa shape index (κ3) is 3.66. The van der Waals surface area contributed by atoms with Gasteiger partial charge in [0.15, 0.2) is 0 Å². The maximum absolute atomic E-state index is 13.5. The maximum Gasteiger partial charge on any atom is 0.131 e. The molecule has 0 aliphatic heterocycles. The standard InChI is InChI=1S/C12H11FN2.2ClH/c13-12-4-2-1-3-11(12)10-5-9(6-14)7-15-8-10;;/h1-5,7-8H,6,14H2;2*1H. The molecule has 2 aromatic rings. The number of halogens is 3. The van der Waals surface area contributed by atoms with Gasteiger partial charge in [0.2, 0.25) is 0 Å². The molecule has 1 heterocycles. The zero-order valence-corrected chi connectivity index (χ0v) is 10.6.